The molecule has 2 rings (SSSR count). The van der Waals surface area contributed by atoms with E-state index in [4.69, 9.17) is 27.9 Å². The van der Waals surface area contributed by atoms with Crippen molar-refractivity contribution >= 4 is 23.2 Å². The molecule has 2 nitrogen and oxygen atoms in total. The number of aliphatic hydroxyl groups excluding tert-OH is 1. The zero-order valence-corrected chi connectivity index (χ0v) is 12.9. The van der Waals surface area contributed by atoms with E-state index in [1.54, 1.807) is 19.1 Å². The molecule has 0 heterocycles. The highest BCUT2D eigenvalue weighted by molar-refractivity contribution is 6.35. The van der Waals surface area contributed by atoms with Crippen molar-refractivity contribution in [2.75, 3.05) is 0 Å². The molecular weight excluding hydrogens is 295 g/mol. The topological polar surface area (TPSA) is 29.5 Å². The van der Waals surface area contributed by atoms with Crippen molar-refractivity contribution in [2.45, 2.75) is 26.6 Å². The predicted octanol–water partition coefficient (Wildman–Crippen LogP) is 4.93. The van der Waals surface area contributed by atoms with E-state index in [-0.39, 0.29) is 0 Å². The van der Waals surface area contributed by atoms with E-state index < -0.39 is 6.10 Å². The van der Waals surface area contributed by atoms with E-state index in [9.17, 15) is 5.11 Å². The number of ether oxygens (including phenoxy) is 1. The van der Waals surface area contributed by atoms with Crippen LogP contribution in [0.3, 0.4) is 0 Å². The first-order chi connectivity index (χ1) is 9.47. The molecule has 0 saturated heterocycles. The Labute approximate surface area is 128 Å². The van der Waals surface area contributed by atoms with Gasteiger partial charge in [0.15, 0.2) is 0 Å². The Morgan fingerprint density at radius 1 is 1.15 bits per heavy atom. The summed E-state index contributed by atoms with van der Waals surface area (Å²) in [7, 11) is 0. The Hall–Kier alpha value is -1.22. The molecule has 2 aromatic carbocycles. The molecule has 4 heteroatoms. The highest BCUT2D eigenvalue weighted by Crippen LogP contribution is 2.28. The second-order valence-electron chi connectivity index (χ2n) is 4.74. The van der Waals surface area contributed by atoms with Crippen LogP contribution in [0.15, 0.2) is 36.4 Å². The van der Waals surface area contributed by atoms with E-state index in [0.29, 0.717) is 22.4 Å². The molecule has 0 aromatic heterocycles. The average Bonchev–Trinajstić information content (AvgIpc) is 2.38. The van der Waals surface area contributed by atoms with Crippen LogP contribution >= 0.6 is 23.2 Å². The summed E-state index contributed by atoms with van der Waals surface area (Å²) in [6.07, 6.45) is -0.578. The molecule has 20 heavy (non-hydrogen) atoms. The molecule has 0 aliphatic carbocycles. The zero-order valence-electron chi connectivity index (χ0n) is 11.4. The summed E-state index contributed by atoms with van der Waals surface area (Å²) in [5.41, 5.74) is 2.71. The molecule has 0 aliphatic heterocycles. The molecule has 2 aromatic rings. The maximum absolute atomic E-state index is 9.79. The van der Waals surface area contributed by atoms with Crippen LogP contribution in [0.1, 0.15) is 29.7 Å². The Morgan fingerprint density at radius 2 is 1.90 bits per heavy atom. The highest BCUT2D eigenvalue weighted by atomic mass is 35.5. The van der Waals surface area contributed by atoms with Crippen molar-refractivity contribution in [1.82, 2.24) is 0 Å². The monoisotopic (exact) mass is 310 g/mol. The van der Waals surface area contributed by atoms with Gasteiger partial charge in [-0.2, -0.15) is 0 Å². The Morgan fingerprint density at radius 3 is 2.55 bits per heavy atom. The minimum absolute atomic E-state index is 0.332. The number of aryl methyl sites for hydroxylation is 1. The highest BCUT2D eigenvalue weighted by Gasteiger charge is 2.10. The smallest absolute Gasteiger partial charge is 0.125 e. The summed E-state index contributed by atoms with van der Waals surface area (Å²) in [5, 5.41) is 11.0. The molecular formula is C16H16Cl2O2. The minimum atomic E-state index is -0.578. The number of hydrogen-bond acceptors (Lipinski definition) is 2. The molecule has 1 unspecified atom stereocenters. The van der Waals surface area contributed by atoms with Crippen LogP contribution < -0.4 is 4.74 Å². The third kappa shape index (κ3) is 3.66. The third-order valence-electron chi connectivity index (χ3n) is 3.01. The van der Waals surface area contributed by atoms with Crippen molar-refractivity contribution in [3.8, 4) is 5.75 Å². The lowest BCUT2D eigenvalue weighted by atomic mass is 10.1. The second-order valence-corrected chi connectivity index (χ2v) is 5.59. The van der Waals surface area contributed by atoms with Crippen LogP contribution in [0.5, 0.6) is 5.75 Å². The molecule has 1 atom stereocenters. The standard InChI is InChI=1S/C16H16Cl2O2/c1-10-3-6-16(14(7-10)11(2)19)20-9-12-4-5-13(17)8-15(12)18/h3-8,11,19H,9H2,1-2H3. The van der Waals surface area contributed by atoms with Crippen molar-refractivity contribution < 1.29 is 9.84 Å². The lowest BCUT2D eigenvalue weighted by Crippen LogP contribution is -2.02. The zero-order chi connectivity index (χ0) is 14.7. The predicted molar refractivity (Wildman–Crippen MR) is 82.6 cm³/mol. The van der Waals surface area contributed by atoms with Gasteiger partial charge in [-0.05, 0) is 38.1 Å². The fourth-order valence-corrected chi connectivity index (χ4v) is 2.38. The summed E-state index contributed by atoms with van der Waals surface area (Å²) in [6, 6.07) is 11.0. The van der Waals surface area contributed by atoms with Crippen molar-refractivity contribution in [3.63, 3.8) is 0 Å². The quantitative estimate of drug-likeness (QED) is 0.867. The maximum atomic E-state index is 9.79. The van der Waals surface area contributed by atoms with Gasteiger partial charge < -0.3 is 9.84 Å². The normalized spacial score (nSPS) is 12.2. The van der Waals surface area contributed by atoms with Crippen molar-refractivity contribution in [2.24, 2.45) is 0 Å². The lowest BCUT2D eigenvalue weighted by Gasteiger charge is -2.15. The van der Waals surface area contributed by atoms with Crippen molar-refractivity contribution in [3.05, 3.63) is 63.1 Å². The number of aliphatic hydroxyl groups is 1. The van der Waals surface area contributed by atoms with E-state index in [1.165, 1.54) is 0 Å². The number of benzene rings is 2. The Kier molecular flexibility index (Phi) is 4.92. The van der Waals surface area contributed by atoms with Gasteiger partial charge in [0, 0.05) is 21.2 Å². The fourth-order valence-electron chi connectivity index (χ4n) is 1.92. The number of hydrogen-bond donors (Lipinski definition) is 1. The molecule has 0 bridgehead atoms. The van der Waals surface area contributed by atoms with Gasteiger partial charge in [-0.1, -0.05) is 40.9 Å². The van der Waals surface area contributed by atoms with Crippen LogP contribution in [0.25, 0.3) is 0 Å². The molecule has 106 valence electrons. The van der Waals surface area contributed by atoms with Gasteiger partial charge in [-0.15, -0.1) is 0 Å². The van der Waals surface area contributed by atoms with Gasteiger partial charge >= 0.3 is 0 Å². The first-order valence-corrected chi connectivity index (χ1v) is 7.08. The summed E-state index contributed by atoms with van der Waals surface area (Å²) >= 11 is 12.0. The Balaban J connectivity index is 2.18. The van der Waals surface area contributed by atoms with E-state index >= 15 is 0 Å². The number of halogens is 2. The van der Waals surface area contributed by atoms with Gasteiger partial charge in [0.25, 0.3) is 0 Å². The first-order valence-electron chi connectivity index (χ1n) is 6.32. The summed E-state index contributed by atoms with van der Waals surface area (Å²) in [5.74, 6) is 0.664. The molecule has 0 aliphatic rings. The summed E-state index contributed by atoms with van der Waals surface area (Å²) in [4.78, 5) is 0. The molecule has 0 saturated carbocycles. The molecule has 0 radical (unpaired) electrons. The van der Waals surface area contributed by atoms with Crippen LogP contribution in [0, 0.1) is 6.92 Å². The minimum Gasteiger partial charge on any atom is -0.488 e. The van der Waals surface area contributed by atoms with Gasteiger partial charge in [0.1, 0.15) is 12.4 Å². The average molecular weight is 311 g/mol. The van der Waals surface area contributed by atoms with E-state index in [2.05, 4.69) is 0 Å². The fraction of sp³-hybridized carbons (Fsp3) is 0.250. The summed E-state index contributed by atoms with van der Waals surface area (Å²) < 4.78 is 5.77. The third-order valence-corrected chi connectivity index (χ3v) is 3.60. The van der Waals surface area contributed by atoms with Gasteiger partial charge in [-0.3, -0.25) is 0 Å². The summed E-state index contributed by atoms with van der Waals surface area (Å²) in [6.45, 7) is 4.03. The largest absolute Gasteiger partial charge is 0.488 e. The van der Waals surface area contributed by atoms with Crippen molar-refractivity contribution in [1.29, 1.82) is 0 Å². The molecule has 1 N–H and O–H groups in total. The SMILES string of the molecule is Cc1ccc(OCc2ccc(Cl)cc2Cl)c(C(C)O)c1. The van der Waals surface area contributed by atoms with E-state index in [1.807, 2.05) is 31.2 Å². The molecule has 0 amide bonds. The van der Waals surface area contributed by atoms with E-state index in [0.717, 1.165) is 16.7 Å². The van der Waals surface area contributed by atoms with Crippen LogP contribution in [-0.2, 0) is 6.61 Å². The van der Waals surface area contributed by atoms with Gasteiger partial charge in [0.2, 0.25) is 0 Å². The van der Waals surface area contributed by atoms with Crippen LogP contribution in [0.4, 0.5) is 0 Å². The van der Waals surface area contributed by atoms with Crippen LogP contribution in [-0.4, -0.2) is 5.11 Å². The van der Waals surface area contributed by atoms with Crippen LogP contribution in [0.2, 0.25) is 10.0 Å². The van der Waals surface area contributed by atoms with Gasteiger partial charge in [-0.25, -0.2) is 0 Å². The van der Waals surface area contributed by atoms with Gasteiger partial charge in [0.05, 0.1) is 6.10 Å². The molecule has 0 fully saturated rings. The lowest BCUT2D eigenvalue weighted by molar-refractivity contribution is 0.190. The second kappa shape index (κ2) is 6.49. The maximum Gasteiger partial charge on any atom is 0.125 e. The Bertz CT molecular complexity index is 609. The molecule has 0 spiro atoms. The number of rotatable bonds is 4. The first kappa shape index (κ1) is 15.2.